The highest BCUT2D eigenvalue weighted by Gasteiger charge is 1.99. The van der Waals surface area contributed by atoms with Gasteiger partial charge in [-0.25, -0.2) is 9.97 Å². The molecule has 0 aliphatic heterocycles. The van der Waals surface area contributed by atoms with Gasteiger partial charge in [0.05, 0.1) is 6.54 Å². The molecular weight excluding hydrogens is 168 g/mol. The molecule has 1 heterocycles. The molecule has 1 rings (SSSR count). The maximum atomic E-state index is 10.9. The summed E-state index contributed by atoms with van der Waals surface area (Å²) in [6.45, 7) is 2.12. The third-order valence-corrected chi connectivity index (χ3v) is 1.49. The molecule has 3 N–H and O–H groups in total. The molecule has 0 aromatic carbocycles. The molecular formula is C8H12N4O. The van der Waals surface area contributed by atoms with Crippen LogP contribution >= 0.6 is 0 Å². The molecule has 13 heavy (non-hydrogen) atoms. The number of nitrogens with two attached hydrogens (primary N) is 1. The summed E-state index contributed by atoms with van der Waals surface area (Å²) in [7, 11) is 0. The summed E-state index contributed by atoms with van der Waals surface area (Å²) >= 11 is 0. The quantitative estimate of drug-likeness (QED) is 0.690. The highest BCUT2D eigenvalue weighted by Crippen LogP contribution is 1.95. The molecule has 0 spiro atoms. The summed E-state index contributed by atoms with van der Waals surface area (Å²) in [6.07, 6.45) is 2.03. The Hall–Kier alpha value is -1.65. The third-order valence-electron chi connectivity index (χ3n) is 1.49. The minimum atomic E-state index is -0.0222. The topological polar surface area (TPSA) is 80.9 Å². The lowest BCUT2D eigenvalue weighted by molar-refractivity contribution is -0.120. The van der Waals surface area contributed by atoms with E-state index >= 15 is 0 Å². The van der Waals surface area contributed by atoms with Crippen molar-refractivity contribution in [3.05, 3.63) is 18.1 Å². The first-order chi connectivity index (χ1) is 6.22. The molecule has 0 atom stereocenters. The van der Waals surface area contributed by atoms with E-state index in [1.165, 1.54) is 0 Å². The molecule has 70 valence electrons. The number of anilines is 1. The SMILES string of the molecule is CCC(=O)NCc1nccc(N)n1. The Bertz CT molecular complexity index is 300. The van der Waals surface area contributed by atoms with Crippen LogP contribution in [0.25, 0.3) is 0 Å². The molecule has 0 fully saturated rings. The van der Waals surface area contributed by atoms with E-state index in [1.54, 1.807) is 19.2 Å². The number of rotatable bonds is 3. The zero-order chi connectivity index (χ0) is 9.68. The number of carbonyl (C=O) groups is 1. The van der Waals surface area contributed by atoms with Crippen LogP contribution in [-0.4, -0.2) is 15.9 Å². The average Bonchev–Trinajstić information content (AvgIpc) is 2.14. The zero-order valence-corrected chi connectivity index (χ0v) is 7.45. The molecule has 1 amide bonds. The molecule has 0 unspecified atom stereocenters. The molecule has 0 radical (unpaired) electrons. The van der Waals surface area contributed by atoms with E-state index in [-0.39, 0.29) is 5.91 Å². The van der Waals surface area contributed by atoms with Crippen molar-refractivity contribution in [2.75, 3.05) is 5.73 Å². The van der Waals surface area contributed by atoms with Crippen LogP contribution in [0.3, 0.4) is 0 Å². The fourth-order valence-corrected chi connectivity index (χ4v) is 0.803. The zero-order valence-electron chi connectivity index (χ0n) is 7.45. The summed E-state index contributed by atoms with van der Waals surface area (Å²) in [5.74, 6) is 0.920. The van der Waals surface area contributed by atoms with Gasteiger partial charge in [0.15, 0.2) is 0 Å². The van der Waals surface area contributed by atoms with E-state index in [1.807, 2.05) is 0 Å². The van der Waals surface area contributed by atoms with Crippen molar-refractivity contribution in [2.45, 2.75) is 19.9 Å². The Morgan fingerprint density at radius 3 is 3.08 bits per heavy atom. The fraction of sp³-hybridized carbons (Fsp3) is 0.375. The minimum Gasteiger partial charge on any atom is -0.384 e. The van der Waals surface area contributed by atoms with Crippen molar-refractivity contribution < 1.29 is 4.79 Å². The lowest BCUT2D eigenvalue weighted by Gasteiger charge is -2.01. The van der Waals surface area contributed by atoms with Gasteiger partial charge in [-0.2, -0.15) is 0 Å². The van der Waals surface area contributed by atoms with Gasteiger partial charge in [0, 0.05) is 12.6 Å². The number of nitrogens with one attached hydrogen (secondary N) is 1. The van der Waals surface area contributed by atoms with Crippen LogP contribution in [0.15, 0.2) is 12.3 Å². The lowest BCUT2D eigenvalue weighted by atomic mass is 10.4. The van der Waals surface area contributed by atoms with Gasteiger partial charge in [-0.15, -0.1) is 0 Å². The van der Waals surface area contributed by atoms with Gasteiger partial charge in [-0.1, -0.05) is 6.92 Å². The van der Waals surface area contributed by atoms with Crippen molar-refractivity contribution in [2.24, 2.45) is 0 Å². The molecule has 0 saturated heterocycles. The number of nitrogen functional groups attached to an aromatic ring is 1. The maximum Gasteiger partial charge on any atom is 0.220 e. The van der Waals surface area contributed by atoms with E-state index in [0.717, 1.165) is 0 Å². The van der Waals surface area contributed by atoms with Crippen molar-refractivity contribution >= 4 is 11.7 Å². The summed E-state index contributed by atoms with van der Waals surface area (Å²) < 4.78 is 0. The first kappa shape index (κ1) is 9.44. The Balaban J connectivity index is 2.50. The standard InChI is InChI=1S/C8H12N4O/c1-2-8(13)11-5-7-10-4-3-6(9)12-7/h3-4H,2,5H2,1H3,(H,11,13)(H2,9,10,12). The van der Waals surface area contributed by atoms with Crippen LogP contribution in [-0.2, 0) is 11.3 Å². The van der Waals surface area contributed by atoms with Gasteiger partial charge in [-0.3, -0.25) is 4.79 Å². The van der Waals surface area contributed by atoms with E-state index in [9.17, 15) is 4.79 Å². The van der Waals surface area contributed by atoms with Crippen molar-refractivity contribution in [3.8, 4) is 0 Å². The van der Waals surface area contributed by atoms with E-state index in [4.69, 9.17) is 5.73 Å². The highest BCUT2D eigenvalue weighted by molar-refractivity contribution is 5.75. The minimum absolute atomic E-state index is 0.0222. The number of amides is 1. The molecule has 5 heteroatoms. The van der Waals surface area contributed by atoms with Gasteiger partial charge in [0.25, 0.3) is 0 Å². The first-order valence-corrected chi connectivity index (χ1v) is 4.06. The number of aromatic nitrogens is 2. The highest BCUT2D eigenvalue weighted by atomic mass is 16.1. The Labute approximate surface area is 76.4 Å². The van der Waals surface area contributed by atoms with E-state index < -0.39 is 0 Å². The fourth-order valence-electron chi connectivity index (χ4n) is 0.803. The van der Waals surface area contributed by atoms with Gasteiger partial charge in [0.2, 0.25) is 5.91 Å². The average molecular weight is 180 g/mol. The van der Waals surface area contributed by atoms with E-state index in [2.05, 4.69) is 15.3 Å². The molecule has 0 aliphatic carbocycles. The molecule has 0 saturated carbocycles. The monoisotopic (exact) mass is 180 g/mol. The van der Waals surface area contributed by atoms with Gasteiger partial charge >= 0.3 is 0 Å². The number of carbonyl (C=O) groups excluding carboxylic acids is 1. The molecule has 1 aromatic rings. The van der Waals surface area contributed by atoms with Crippen molar-refractivity contribution in [3.63, 3.8) is 0 Å². The van der Waals surface area contributed by atoms with Crippen molar-refractivity contribution in [1.82, 2.24) is 15.3 Å². The lowest BCUT2D eigenvalue weighted by Crippen LogP contribution is -2.22. The number of nitrogens with zero attached hydrogens (tertiary/aromatic N) is 2. The van der Waals surface area contributed by atoms with Crippen LogP contribution in [0.2, 0.25) is 0 Å². The second kappa shape index (κ2) is 4.39. The molecule has 0 aliphatic rings. The van der Waals surface area contributed by atoms with Crippen LogP contribution in [0.5, 0.6) is 0 Å². The predicted molar refractivity (Wildman–Crippen MR) is 48.6 cm³/mol. The molecule has 5 nitrogen and oxygen atoms in total. The Kier molecular flexibility index (Phi) is 3.19. The first-order valence-electron chi connectivity index (χ1n) is 4.06. The Morgan fingerprint density at radius 1 is 1.69 bits per heavy atom. The second-order valence-electron chi connectivity index (χ2n) is 2.53. The van der Waals surface area contributed by atoms with Crippen LogP contribution in [0, 0.1) is 0 Å². The third kappa shape index (κ3) is 3.06. The molecule has 1 aromatic heterocycles. The van der Waals surface area contributed by atoms with E-state index in [0.29, 0.717) is 24.6 Å². The summed E-state index contributed by atoms with van der Waals surface area (Å²) in [6, 6.07) is 1.60. The summed E-state index contributed by atoms with van der Waals surface area (Å²) in [4.78, 5) is 18.7. The second-order valence-corrected chi connectivity index (χ2v) is 2.53. The number of hydrogen-bond acceptors (Lipinski definition) is 4. The smallest absolute Gasteiger partial charge is 0.220 e. The van der Waals surface area contributed by atoms with Gasteiger partial charge in [0.1, 0.15) is 11.6 Å². The maximum absolute atomic E-state index is 10.9. The van der Waals surface area contributed by atoms with Crippen molar-refractivity contribution in [1.29, 1.82) is 0 Å². The van der Waals surface area contributed by atoms with Gasteiger partial charge < -0.3 is 11.1 Å². The van der Waals surface area contributed by atoms with Crippen LogP contribution in [0.1, 0.15) is 19.2 Å². The predicted octanol–water partition coefficient (Wildman–Crippen LogP) is 0.0850. The van der Waals surface area contributed by atoms with Crippen LogP contribution < -0.4 is 11.1 Å². The normalized spacial score (nSPS) is 9.62. The Morgan fingerprint density at radius 2 is 2.46 bits per heavy atom. The molecule has 0 bridgehead atoms. The van der Waals surface area contributed by atoms with Gasteiger partial charge in [-0.05, 0) is 6.07 Å². The summed E-state index contributed by atoms with van der Waals surface area (Å²) in [5.41, 5.74) is 5.43. The number of hydrogen-bond donors (Lipinski definition) is 2. The summed E-state index contributed by atoms with van der Waals surface area (Å²) in [5, 5.41) is 2.66. The largest absolute Gasteiger partial charge is 0.384 e. The van der Waals surface area contributed by atoms with Crippen LogP contribution in [0.4, 0.5) is 5.82 Å².